The van der Waals surface area contributed by atoms with Gasteiger partial charge in [0.05, 0.1) is 15.7 Å². The van der Waals surface area contributed by atoms with Crippen molar-refractivity contribution in [3.05, 3.63) is 52.5 Å². The van der Waals surface area contributed by atoms with Gasteiger partial charge in [0.1, 0.15) is 0 Å². The molecule has 2 rings (SSSR count). The molecule has 0 aliphatic rings. The first-order chi connectivity index (χ1) is 9.97. The van der Waals surface area contributed by atoms with E-state index in [1.807, 2.05) is 38.1 Å². The third kappa shape index (κ3) is 4.13. The van der Waals surface area contributed by atoms with Crippen molar-refractivity contribution < 1.29 is 4.79 Å². The van der Waals surface area contributed by atoms with Gasteiger partial charge in [-0.2, -0.15) is 0 Å². The van der Waals surface area contributed by atoms with Crippen molar-refractivity contribution in [1.82, 2.24) is 0 Å². The highest BCUT2D eigenvalue weighted by molar-refractivity contribution is 6.39. The second-order valence-electron chi connectivity index (χ2n) is 4.94. The summed E-state index contributed by atoms with van der Waals surface area (Å²) in [5.74, 6) is -0.0606. The smallest absolute Gasteiger partial charge is 0.226 e. The van der Waals surface area contributed by atoms with E-state index in [9.17, 15) is 4.79 Å². The first-order valence-corrected chi connectivity index (χ1v) is 7.35. The highest BCUT2D eigenvalue weighted by atomic mass is 35.5. The van der Waals surface area contributed by atoms with Gasteiger partial charge >= 0.3 is 0 Å². The lowest BCUT2D eigenvalue weighted by atomic mass is 10.2. The minimum Gasteiger partial charge on any atom is -0.353 e. The molecule has 3 nitrogen and oxygen atoms in total. The molecule has 0 atom stereocenters. The Balaban J connectivity index is 2.11. The Labute approximate surface area is 134 Å². The maximum absolute atomic E-state index is 11.6. The van der Waals surface area contributed by atoms with Crippen LogP contribution in [-0.2, 0) is 4.79 Å². The summed E-state index contributed by atoms with van der Waals surface area (Å²) in [5.41, 5.74) is 2.26. The first-order valence-electron chi connectivity index (χ1n) is 6.59. The Bertz CT molecular complexity index is 619. The molecule has 1 amide bonds. The van der Waals surface area contributed by atoms with Gasteiger partial charge < -0.3 is 10.6 Å². The van der Waals surface area contributed by atoms with Crippen molar-refractivity contribution in [3.8, 4) is 0 Å². The number of hydrogen-bond donors (Lipinski definition) is 2. The number of hydrogen-bond acceptors (Lipinski definition) is 2. The summed E-state index contributed by atoms with van der Waals surface area (Å²) in [6, 6.07) is 12.7. The molecule has 2 aromatic rings. The molecule has 0 fully saturated rings. The number of amides is 1. The average molecular weight is 323 g/mol. The third-order valence-corrected chi connectivity index (χ3v) is 3.54. The summed E-state index contributed by atoms with van der Waals surface area (Å²) in [5, 5.41) is 7.11. The SMILES string of the molecule is CC(C)C(=O)Nc1ccc(Nc2c(Cl)cccc2Cl)cc1. The van der Waals surface area contributed by atoms with Crippen LogP contribution in [0.2, 0.25) is 10.0 Å². The summed E-state index contributed by atoms with van der Waals surface area (Å²) in [6.07, 6.45) is 0. The van der Waals surface area contributed by atoms with Gasteiger partial charge in [0.2, 0.25) is 5.91 Å². The van der Waals surface area contributed by atoms with Crippen molar-refractivity contribution >= 4 is 46.2 Å². The van der Waals surface area contributed by atoms with E-state index in [1.54, 1.807) is 18.2 Å². The van der Waals surface area contributed by atoms with Gasteiger partial charge in [-0.1, -0.05) is 43.1 Å². The van der Waals surface area contributed by atoms with Crippen LogP contribution in [0.15, 0.2) is 42.5 Å². The lowest BCUT2D eigenvalue weighted by Crippen LogP contribution is -2.17. The van der Waals surface area contributed by atoms with Crippen LogP contribution in [0, 0.1) is 5.92 Å². The van der Waals surface area contributed by atoms with Crippen molar-refractivity contribution in [3.63, 3.8) is 0 Å². The monoisotopic (exact) mass is 322 g/mol. The molecule has 2 aromatic carbocycles. The van der Waals surface area contributed by atoms with Crippen LogP contribution in [0.25, 0.3) is 0 Å². The summed E-state index contributed by atoms with van der Waals surface area (Å²) in [7, 11) is 0. The molecule has 0 heterocycles. The van der Waals surface area contributed by atoms with Crippen LogP contribution in [0.3, 0.4) is 0 Å². The van der Waals surface area contributed by atoms with Gasteiger partial charge in [-0.25, -0.2) is 0 Å². The number of rotatable bonds is 4. The minimum atomic E-state index is -0.0512. The quantitative estimate of drug-likeness (QED) is 0.798. The van der Waals surface area contributed by atoms with Crippen LogP contribution < -0.4 is 10.6 Å². The lowest BCUT2D eigenvalue weighted by molar-refractivity contribution is -0.118. The maximum atomic E-state index is 11.6. The summed E-state index contributed by atoms with van der Waals surface area (Å²) in [4.78, 5) is 11.6. The van der Waals surface area contributed by atoms with Crippen LogP contribution in [0.4, 0.5) is 17.1 Å². The summed E-state index contributed by atoms with van der Waals surface area (Å²) < 4.78 is 0. The fourth-order valence-electron chi connectivity index (χ4n) is 1.69. The molecule has 0 saturated carbocycles. The number of carbonyl (C=O) groups excluding carboxylic acids is 1. The molecule has 0 saturated heterocycles. The number of nitrogens with one attached hydrogen (secondary N) is 2. The first kappa shape index (κ1) is 15.7. The van der Waals surface area contributed by atoms with E-state index in [-0.39, 0.29) is 11.8 Å². The molecule has 0 aliphatic heterocycles. The van der Waals surface area contributed by atoms with E-state index in [0.29, 0.717) is 15.7 Å². The minimum absolute atomic E-state index is 0.00939. The fourth-order valence-corrected chi connectivity index (χ4v) is 2.18. The Hall–Kier alpha value is -1.71. The third-order valence-electron chi connectivity index (χ3n) is 2.91. The predicted molar refractivity (Wildman–Crippen MR) is 89.7 cm³/mol. The molecule has 110 valence electrons. The molecular formula is C16H16Cl2N2O. The van der Waals surface area contributed by atoms with Crippen LogP contribution in [0.5, 0.6) is 0 Å². The normalized spacial score (nSPS) is 10.5. The molecule has 0 spiro atoms. The molecule has 0 aliphatic carbocycles. The number of benzene rings is 2. The molecular weight excluding hydrogens is 307 g/mol. The number of halogens is 2. The predicted octanol–water partition coefficient (Wildman–Crippen LogP) is 5.33. The topological polar surface area (TPSA) is 41.1 Å². The van der Waals surface area contributed by atoms with E-state index in [4.69, 9.17) is 23.2 Å². The van der Waals surface area contributed by atoms with Crippen LogP contribution in [0.1, 0.15) is 13.8 Å². The zero-order chi connectivity index (χ0) is 15.4. The largest absolute Gasteiger partial charge is 0.353 e. The van der Waals surface area contributed by atoms with Crippen LogP contribution in [-0.4, -0.2) is 5.91 Å². The second-order valence-corrected chi connectivity index (χ2v) is 5.76. The van der Waals surface area contributed by atoms with Crippen molar-refractivity contribution in [2.75, 3.05) is 10.6 Å². The Morgan fingerprint density at radius 3 is 2.00 bits per heavy atom. The lowest BCUT2D eigenvalue weighted by Gasteiger charge is -2.12. The van der Waals surface area contributed by atoms with E-state index in [1.165, 1.54) is 0 Å². The maximum Gasteiger partial charge on any atom is 0.226 e. The van der Waals surface area contributed by atoms with E-state index in [0.717, 1.165) is 11.4 Å². The highest BCUT2D eigenvalue weighted by Gasteiger charge is 2.08. The number of carbonyl (C=O) groups is 1. The van der Waals surface area contributed by atoms with Gasteiger partial charge in [0.15, 0.2) is 0 Å². The van der Waals surface area contributed by atoms with Crippen molar-refractivity contribution in [2.45, 2.75) is 13.8 Å². The Morgan fingerprint density at radius 2 is 1.48 bits per heavy atom. The fraction of sp³-hybridized carbons (Fsp3) is 0.188. The van der Waals surface area contributed by atoms with E-state index >= 15 is 0 Å². The Morgan fingerprint density at radius 1 is 0.952 bits per heavy atom. The second kappa shape index (κ2) is 6.83. The van der Waals surface area contributed by atoms with Gasteiger partial charge in [-0.15, -0.1) is 0 Å². The van der Waals surface area contributed by atoms with Gasteiger partial charge in [0.25, 0.3) is 0 Å². The Kier molecular flexibility index (Phi) is 5.10. The number of anilines is 3. The van der Waals surface area contributed by atoms with E-state index < -0.39 is 0 Å². The van der Waals surface area contributed by atoms with Crippen molar-refractivity contribution in [2.24, 2.45) is 5.92 Å². The van der Waals surface area contributed by atoms with Crippen molar-refractivity contribution in [1.29, 1.82) is 0 Å². The molecule has 21 heavy (non-hydrogen) atoms. The van der Waals surface area contributed by atoms with E-state index in [2.05, 4.69) is 10.6 Å². The molecule has 0 unspecified atom stereocenters. The highest BCUT2D eigenvalue weighted by Crippen LogP contribution is 2.32. The number of para-hydroxylation sites is 1. The van der Waals surface area contributed by atoms with Gasteiger partial charge in [-0.3, -0.25) is 4.79 Å². The van der Waals surface area contributed by atoms with Gasteiger partial charge in [-0.05, 0) is 36.4 Å². The molecule has 0 radical (unpaired) electrons. The standard InChI is InChI=1S/C16H16Cl2N2O/c1-10(2)16(21)20-12-8-6-11(7-9-12)19-15-13(17)4-3-5-14(15)18/h3-10,19H,1-2H3,(H,20,21). The summed E-state index contributed by atoms with van der Waals surface area (Å²) in [6.45, 7) is 3.70. The van der Waals surface area contributed by atoms with Gasteiger partial charge in [0, 0.05) is 17.3 Å². The van der Waals surface area contributed by atoms with Crippen LogP contribution >= 0.6 is 23.2 Å². The molecule has 2 N–H and O–H groups in total. The zero-order valence-corrected chi connectivity index (χ0v) is 13.3. The molecule has 0 bridgehead atoms. The summed E-state index contributed by atoms with van der Waals surface area (Å²) >= 11 is 12.2. The zero-order valence-electron chi connectivity index (χ0n) is 11.8. The molecule has 5 heteroatoms. The molecule has 0 aromatic heterocycles. The average Bonchev–Trinajstić information content (AvgIpc) is 2.44.